The molecule has 5 N–H and O–H groups in total. The maximum absolute atomic E-state index is 14.6. The van der Waals surface area contributed by atoms with Crippen LogP contribution in [0.3, 0.4) is 0 Å². The number of hydrogen-bond donors (Lipinski definition) is 5. The summed E-state index contributed by atoms with van der Waals surface area (Å²) in [4.78, 5) is 97.3. The number of likely N-dealkylation sites (tertiary alicyclic amines) is 1. The van der Waals surface area contributed by atoms with E-state index in [1.165, 1.54) is 25.3 Å². The van der Waals surface area contributed by atoms with E-state index in [0.717, 1.165) is 4.90 Å². The summed E-state index contributed by atoms with van der Waals surface area (Å²) >= 11 is 0. The number of carbonyl (C=O) groups is 7. The number of nitrogens with zero attached hydrogens (tertiary/aromatic N) is 2. The lowest BCUT2D eigenvalue weighted by Gasteiger charge is -2.43. The second-order valence-electron chi connectivity index (χ2n) is 18.3. The molecule has 4 heterocycles. The lowest BCUT2D eigenvalue weighted by Crippen LogP contribution is -2.55. The Hall–Kier alpha value is -5.19. The van der Waals surface area contributed by atoms with Crippen LogP contribution < -0.4 is 10.1 Å². The number of phenols is 2. The predicted molar refractivity (Wildman–Crippen MR) is 222 cm³/mol. The van der Waals surface area contributed by atoms with Gasteiger partial charge in [0.15, 0.2) is 30.4 Å². The Labute approximate surface area is 378 Å². The number of aliphatic hydroxyl groups is 2. The molecule has 5 fully saturated rings. The number of carbonyl (C=O) groups excluding carboxylic acids is 7. The van der Waals surface area contributed by atoms with Crippen molar-refractivity contribution in [1.29, 1.82) is 0 Å². The number of morpholine rings is 1. The monoisotopic (exact) mass is 919 g/mol. The van der Waals surface area contributed by atoms with Gasteiger partial charge in [0.2, 0.25) is 23.5 Å². The van der Waals surface area contributed by atoms with Gasteiger partial charge < -0.3 is 54.2 Å². The number of hydrogen-bond acceptors (Lipinski definition) is 18. The van der Waals surface area contributed by atoms with Gasteiger partial charge in [-0.05, 0) is 44.6 Å². The van der Waals surface area contributed by atoms with Crippen LogP contribution in [0.4, 0.5) is 0 Å². The third-order valence-electron chi connectivity index (χ3n) is 14.5. The minimum absolute atomic E-state index is 0.00607. The zero-order chi connectivity index (χ0) is 46.9. The van der Waals surface area contributed by atoms with Crippen LogP contribution in [0.2, 0.25) is 0 Å². The van der Waals surface area contributed by atoms with Gasteiger partial charge in [0, 0.05) is 81.6 Å². The molecule has 66 heavy (non-hydrogen) atoms. The van der Waals surface area contributed by atoms with Crippen LogP contribution in [-0.4, -0.2) is 154 Å². The second kappa shape index (κ2) is 17.8. The molecule has 20 heteroatoms. The molecule has 4 aliphatic heterocycles. The number of ketones is 3. The minimum Gasteiger partial charge on any atom is -0.507 e. The van der Waals surface area contributed by atoms with Gasteiger partial charge in [-0.25, -0.2) is 0 Å². The highest BCUT2D eigenvalue weighted by Gasteiger charge is 2.55. The number of fused-ring (bicyclic) bond motifs is 6. The van der Waals surface area contributed by atoms with E-state index in [-0.39, 0.29) is 65.6 Å². The molecule has 0 bridgehead atoms. The van der Waals surface area contributed by atoms with Crippen LogP contribution in [0.25, 0.3) is 0 Å². The van der Waals surface area contributed by atoms with Gasteiger partial charge in [0.1, 0.15) is 35.6 Å². The average molecular weight is 920 g/mol. The zero-order valence-electron chi connectivity index (χ0n) is 36.7. The van der Waals surface area contributed by atoms with E-state index in [0.29, 0.717) is 38.8 Å². The first-order chi connectivity index (χ1) is 31.6. The van der Waals surface area contributed by atoms with Crippen LogP contribution in [-0.2, 0) is 54.1 Å². The van der Waals surface area contributed by atoms with E-state index in [2.05, 4.69) is 10.2 Å². The molecular formula is C46H53N3O17. The molecule has 3 amide bonds. The first-order valence-electron chi connectivity index (χ1n) is 22.4. The molecule has 9 rings (SSSR count). The van der Waals surface area contributed by atoms with Gasteiger partial charge in [0.05, 0.1) is 47.8 Å². The van der Waals surface area contributed by atoms with Gasteiger partial charge in [-0.2, -0.15) is 0 Å². The van der Waals surface area contributed by atoms with Crippen LogP contribution in [0, 0.1) is 17.8 Å². The van der Waals surface area contributed by atoms with Crippen LogP contribution in [0.1, 0.15) is 107 Å². The lowest BCUT2D eigenvalue weighted by atomic mass is 9.72. The van der Waals surface area contributed by atoms with Crippen molar-refractivity contribution in [2.24, 2.45) is 17.8 Å². The highest BCUT2D eigenvalue weighted by Crippen LogP contribution is 2.53. The van der Waals surface area contributed by atoms with Gasteiger partial charge in [-0.3, -0.25) is 43.4 Å². The third kappa shape index (κ3) is 7.79. The second-order valence-corrected chi connectivity index (χ2v) is 18.3. The number of imide groups is 1. The number of aliphatic hydroxyl groups excluding tert-OH is 1. The molecule has 3 aliphatic carbocycles. The van der Waals surface area contributed by atoms with Gasteiger partial charge in [-0.1, -0.05) is 12.1 Å². The molecule has 0 aromatic heterocycles. The first-order valence-corrected chi connectivity index (χ1v) is 22.4. The first kappa shape index (κ1) is 45.9. The molecule has 1 unspecified atom stereocenters. The van der Waals surface area contributed by atoms with Gasteiger partial charge >= 0.3 is 5.97 Å². The Morgan fingerprint density at radius 1 is 0.985 bits per heavy atom. The molecule has 4 saturated heterocycles. The fourth-order valence-electron chi connectivity index (χ4n) is 11.1. The zero-order valence-corrected chi connectivity index (χ0v) is 36.7. The Bertz CT molecular complexity index is 2380. The Morgan fingerprint density at radius 3 is 2.44 bits per heavy atom. The minimum atomic E-state index is -2.35. The maximum atomic E-state index is 14.6. The van der Waals surface area contributed by atoms with Crippen molar-refractivity contribution in [2.75, 3.05) is 40.5 Å². The summed E-state index contributed by atoms with van der Waals surface area (Å²) in [6.45, 7) is 1.75. The SMILES string of the molecule is CNC(=O)C1CCC(CN2C(=O)CC(CC(=O)Oc3cccc4c3C(=O)c3c(O)c5c(c(O)c3C4=O)C[C@@](O)(C(=O)CO)C[C@@H]5O[C@H]3C[C@H]4[C@H](O[C@@H]5[C@@H](OC)OCCN54)[C@H](C)O3)C2=O)CC1. The fraction of sp³-hybridized carbons (Fsp3) is 0.587. The van der Waals surface area contributed by atoms with E-state index in [9.17, 15) is 54.0 Å². The molecule has 354 valence electrons. The largest absolute Gasteiger partial charge is 0.507 e. The van der Waals surface area contributed by atoms with E-state index in [1.54, 1.807) is 14.0 Å². The number of Topliss-reactive ketones (excluding diaryl/α,β-unsaturated/α-hetero) is 1. The summed E-state index contributed by atoms with van der Waals surface area (Å²) in [5.41, 5.74) is -4.77. The van der Waals surface area contributed by atoms with E-state index in [1.807, 2.05) is 0 Å². The summed E-state index contributed by atoms with van der Waals surface area (Å²) < 4.78 is 35.9. The van der Waals surface area contributed by atoms with E-state index < -0.39 is 138 Å². The number of methoxy groups -OCH3 is 1. The van der Waals surface area contributed by atoms with Crippen LogP contribution in [0.5, 0.6) is 17.2 Å². The highest BCUT2D eigenvalue weighted by atomic mass is 16.7. The molecule has 20 nitrogen and oxygen atoms in total. The van der Waals surface area contributed by atoms with Crippen LogP contribution >= 0.6 is 0 Å². The number of benzene rings is 2. The predicted octanol–water partition coefficient (Wildman–Crippen LogP) is 0.926. The van der Waals surface area contributed by atoms with Crippen molar-refractivity contribution in [3.8, 4) is 17.2 Å². The molecule has 2 aromatic rings. The molecule has 0 radical (unpaired) electrons. The summed E-state index contributed by atoms with van der Waals surface area (Å²) in [7, 11) is 3.09. The van der Waals surface area contributed by atoms with Crippen molar-refractivity contribution < 1.29 is 82.4 Å². The molecule has 7 aliphatic rings. The maximum Gasteiger partial charge on any atom is 0.312 e. The number of rotatable bonds is 11. The fourth-order valence-corrected chi connectivity index (χ4v) is 11.1. The number of nitrogens with one attached hydrogen (secondary N) is 1. The number of esters is 1. The lowest BCUT2D eigenvalue weighted by molar-refractivity contribution is -0.256. The van der Waals surface area contributed by atoms with Gasteiger partial charge in [0.25, 0.3) is 0 Å². The highest BCUT2D eigenvalue weighted by molar-refractivity contribution is 6.31. The van der Waals surface area contributed by atoms with Gasteiger partial charge in [-0.15, -0.1) is 0 Å². The van der Waals surface area contributed by atoms with Crippen molar-refractivity contribution in [3.05, 3.63) is 51.6 Å². The van der Waals surface area contributed by atoms with Crippen LogP contribution in [0.15, 0.2) is 18.2 Å². The number of phenolic OH excluding ortho intramolecular Hbond substituents is 2. The topological polar surface area (TPSA) is 274 Å². The summed E-state index contributed by atoms with van der Waals surface area (Å²) in [6, 6.07) is 3.60. The number of ether oxygens (including phenoxy) is 6. The molecule has 0 spiro atoms. The third-order valence-corrected chi connectivity index (χ3v) is 14.5. The number of amides is 3. The van der Waals surface area contributed by atoms with Crippen molar-refractivity contribution in [1.82, 2.24) is 15.1 Å². The van der Waals surface area contributed by atoms with Crippen molar-refractivity contribution in [3.63, 3.8) is 0 Å². The smallest absolute Gasteiger partial charge is 0.312 e. The number of aromatic hydroxyl groups is 2. The summed E-state index contributed by atoms with van der Waals surface area (Å²) in [6.07, 6.45) is -3.84. The van der Waals surface area contributed by atoms with Crippen molar-refractivity contribution in [2.45, 2.75) is 113 Å². The quantitative estimate of drug-likeness (QED) is 0.0774. The Morgan fingerprint density at radius 2 is 1.73 bits per heavy atom. The molecule has 9 atom stereocenters. The average Bonchev–Trinajstić information content (AvgIpc) is 3.81. The van der Waals surface area contributed by atoms with E-state index >= 15 is 0 Å². The normalized spacial score (nSPS) is 32.8. The van der Waals surface area contributed by atoms with Crippen molar-refractivity contribution >= 4 is 41.0 Å². The Kier molecular flexibility index (Phi) is 12.4. The summed E-state index contributed by atoms with van der Waals surface area (Å²) in [5, 5.41) is 48.3. The summed E-state index contributed by atoms with van der Waals surface area (Å²) in [5.74, 6) is -8.07. The molecular weight excluding hydrogens is 867 g/mol. The standard InChI is InChI=1S/C46H53N3O17/c1-20-41-26(48-11-12-62-45(61-3)44(48)66-41)15-32(63-20)65-28-17-46(60,29(51)19-50)16-25-34(28)40(57)36-35(38(25)55)37(54)24-5-4-6-27(33(24)39(36)56)64-31(53)14-23-13-30(52)49(43(23)59)18-21-7-9-22(10-8-21)42(58)47-2/h4-6,20-23,26,28,32,41,44-45,50,55,57,60H,7-19H2,1-3H3,(H,47,58)/t20-,21?,22?,23?,26-,28-,32-,41+,44+,45-,46-/m0/s1. The van der Waals surface area contributed by atoms with E-state index in [4.69, 9.17) is 28.4 Å². The molecule has 2 aromatic carbocycles. The molecule has 1 saturated carbocycles. The Balaban J connectivity index is 0.965.